The first-order valence-corrected chi connectivity index (χ1v) is 8.01. The summed E-state index contributed by atoms with van der Waals surface area (Å²) in [4.78, 5) is 4.45. The second kappa shape index (κ2) is 7.50. The van der Waals surface area contributed by atoms with Crippen LogP contribution in [0.3, 0.4) is 0 Å². The Hall–Kier alpha value is -1.26. The van der Waals surface area contributed by atoms with Crippen molar-refractivity contribution in [3.8, 4) is 0 Å². The van der Waals surface area contributed by atoms with E-state index in [4.69, 9.17) is 0 Å². The molecule has 0 fully saturated rings. The molecule has 1 aromatic carbocycles. The van der Waals surface area contributed by atoms with Crippen molar-refractivity contribution >= 4 is 11.8 Å². The minimum absolute atomic E-state index is 0.0526. The van der Waals surface area contributed by atoms with E-state index < -0.39 is 0 Å². The second-order valence-electron chi connectivity index (χ2n) is 5.30. The lowest BCUT2D eigenvalue weighted by atomic mass is 10.1. The molecular formula is C16H22N2OS. The van der Waals surface area contributed by atoms with Gasteiger partial charge in [0, 0.05) is 12.3 Å². The summed E-state index contributed by atoms with van der Waals surface area (Å²) in [7, 11) is 0. The first kappa shape index (κ1) is 15.1. The van der Waals surface area contributed by atoms with E-state index in [9.17, 15) is 5.11 Å². The van der Waals surface area contributed by atoms with Crippen LogP contribution in [0.5, 0.6) is 0 Å². The molecule has 0 amide bonds. The number of imidazole rings is 1. The quantitative estimate of drug-likeness (QED) is 0.790. The molecule has 1 heterocycles. The van der Waals surface area contributed by atoms with Crippen LogP contribution >= 0.6 is 11.8 Å². The van der Waals surface area contributed by atoms with E-state index in [0.29, 0.717) is 5.92 Å². The van der Waals surface area contributed by atoms with Crippen molar-refractivity contribution in [3.63, 3.8) is 0 Å². The van der Waals surface area contributed by atoms with E-state index in [1.807, 2.05) is 6.07 Å². The fourth-order valence-electron chi connectivity index (χ4n) is 1.98. The van der Waals surface area contributed by atoms with Gasteiger partial charge in [-0.15, -0.1) is 0 Å². The monoisotopic (exact) mass is 290 g/mol. The van der Waals surface area contributed by atoms with Crippen molar-refractivity contribution in [2.45, 2.75) is 44.3 Å². The van der Waals surface area contributed by atoms with Crippen molar-refractivity contribution in [2.75, 3.05) is 0 Å². The van der Waals surface area contributed by atoms with Gasteiger partial charge in [0.25, 0.3) is 0 Å². The maximum atomic E-state index is 9.41. The average Bonchev–Trinajstić information content (AvgIpc) is 2.86. The molecule has 2 aromatic rings. The highest BCUT2D eigenvalue weighted by Crippen LogP contribution is 2.23. The summed E-state index contributed by atoms with van der Waals surface area (Å²) in [6.07, 6.45) is 2.88. The van der Waals surface area contributed by atoms with Crippen LogP contribution in [0.15, 0.2) is 41.7 Å². The molecule has 4 heteroatoms. The smallest absolute Gasteiger partial charge is 0.168 e. The molecule has 0 aliphatic heterocycles. The minimum Gasteiger partial charge on any atom is -0.390 e. The molecule has 3 nitrogen and oxygen atoms in total. The Morgan fingerprint density at radius 1 is 1.25 bits per heavy atom. The van der Waals surface area contributed by atoms with Gasteiger partial charge in [-0.2, -0.15) is 0 Å². The molecular weight excluding hydrogens is 268 g/mol. The largest absolute Gasteiger partial charge is 0.390 e. The Morgan fingerprint density at radius 2 is 2.00 bits per heavy atom. The molecule has 0 saturated carbocycles. The molecule has 20 heavy (non-hydrogen) atoms. The SMILES string of the molecule is CC(C)CCn1c(CO)cnc1SCc1ccccc1. The van der Waals surface area contributed by atoms with Crippen molar-refractivity contribution in [2.24, 2.45) is 5.92 Å². The summed E-state index contributed by atoms with van der Waals surface area (Å²) < 4.78 is 2.15. The number of hydrogen-bond donors (Lipinski definition) is 1. The third kappa shape index (κ3) is 4.12. The van der Waals surface area contributed by atoms with Gasteiger partial charge in [-0.25, -0.2) is 4.98 Å². The van der Waals surface area contributed by atoms with Crippen LogP contribution in [0, 0.1) is 5.92 Å². The van der Waals surface area contributed by atoms with Gasteiger partial charge in [0.2, 0.25) is 0 Å². The maximum Gasteiger partial charge on any atom is 0.168 e. The number of rotatable bonds is 7. The molecule has 0 atom stereocenters. The van der Waals surface area contributed by atoms with Crippen molar-refractivity contribution in [1.29, 1.82) is 0 Å². The van der Waals surface area contributed by atoms with Gasteiger partial charge in [-0.05, 0) is 17.9 Å². The summed E-state index contributed by atoms with van der Waals surface area (Å²) in [5, 5.41) is 10.4. The summed E-state index contributed by atoms with van der Waals surface area (Å²) in [5.74, 6) is 1.56. The second-order valence-corrected chi connectivity index (χ2v) is 6.24. The molecule has 0 unspecified atom stereocenters. The van der Waals surface area contributed by atoms with E-state index >= 15 is 0 Å². The van der Waals surface area contributed by atoms with Gasteiger partial charge >= 0.3 is 0 Å². The number of aromatic nitrogens is 2. The Morgan fingerprint density at radius 3 is 2.65 bits per heavy atom. The highest BCUT2D eigenvalue weighted by Gasteiger charge is 2.10. The van der Waals surface area contributed by atoms with Gasteiger partial charge in [-0.3, -0.25) is 0 Å². The van der Waals surface area contributed by atoms with Crippen molar-refractivity contribution in [1.82, 2.24) is 9.55 Å². The predicted octanol–water partition coefficient (Wildman–Crippen LogP) is 3.71. The summed E-state index contributed by atoms with van der Waals surface area (Å²) in [6, 6.07) is 10.4. The van der Waals surface area contributed by atoms with Gasteiger partial charge in [-0.1, -0.05) is 55.9 Å². The highest BCUT2D eigenvalue weighted by atomic mass is 32.2. The van der Waals surface area contributed by atoms with Gasteiger partial charge in [0.15, 0.2) is 5.16 Å². The van der Waals surface area contributed by atoms with E-state index in [2.05, 4.69) is 47.7 Å². The molecule has 1 N–H and O–H groups in total. The Bertz CT molecular complexity index is 523. The minimum atomic E-state index is 0.0526. The third-order valence-electron chi connectivity index (χ3n) is 3.20. The zero-order valence-electron chi connectivity index (χ0n) is 12.1. The fraction of sp³-hybridized carbons (Fsp3) is 0.438. The number of thioether (sulfide) groups is 1. The highest BCUT2D eigenvalue weighted by molar-refractivity contribution is 7.98. The van der Waals surface area contributed by atoms with Crippen LogP contribution in [0.2, 0.25) is 0 Å². The molecule has 0 aliphatic carbocycles. The van der Waals surface area contributed by atoms with Crippen LogP contribution in [-0.2, 0) is 18.9 Å². The number of benzene rings is 1. The lowest BCUT2D eigenvalue weighted by Gasteiger charge is -2.12. The molecule has 0 spiro atoms. The predicted molar refractivity (Wildman–Crippen MR) is 83.6 cm³/mol. The number of nitrogens with zero attached hydrogens (tertiary/aromatic N) is 2. The normalized spacial score (nSPS) is 11.2. The van der Waals surface area contributed by atoms with Crippen LogP contribution in [0.4, 0.5) is 0 Å². The molecule has 1 aromatic heterocycles. The maximum absolute atomic E-state index is 9.41. The zero-order valence-corrected chi connectivity index (χ0v) is 12.9. The van der Waals surface area contributed by atoms with Crippen LogP contribution < -0.4 is 0 Å². The summed E-state index contributed by atoms with van der Waals surface area (Å²) in [6.45, 7) is 5.40. The van der Waals surface area contributed by atoms with E-state index in [1.165, 1.54) is 5.56 Å². The molecule has 0 radical (unpaired) electrons. The number of aliphatic hydroxyl groups excluding tert-OH is 1. The van der Waals surface area contributed by atoms with E-state index in [1.54, 1.807) is 18.0 Å². The lowest BCUT2D eigenvalue weighted by molar-refractivity contribution is 0.267. The fourth-order valence-corrected chi connectivity index (χ4v) is 2.96. The molecule has 108 valence electrons. The summed E-state index contributed by atoms with van der Waals surface area (Å²) in [5.41, 5.74) is 2.20. The topological polar surface area (TPSA) is 38.0 Å². The first-order valence-electron chi connectivity index (χ1n) is 7.02. The van der Waals surface area contributed by atoms with Crippen molar-refractivity contribution in [3.05, 3.63) is 47.8 Å². The standard InChI is InChI=1S/C16H22N2OS/c1-13(2)8-9-18-15(11-19)10-17-16(18)20-12-14-6-4-3-5-7-14/h3-7,10,13,19H,8-9,11-12H2,1-2H3. The Kier molecular flexibility index (Phi) is 5.68. The summed E-state index contributed by atoms with van der Waals surface area (Å²) >= 11 is 1.73. The molecule has 0 saturated heterocycles. The Labute approximate surface area is 125 Å². The number of aliphatic hydroxyl groups is 1. The van der Waals surface area contributed by atoms with Crippen LogP contribution in [0.25, 0.3) is 0 Å². The Balaban J connectivity index is 2.05. The van der Waals surface area contributed by atoms with Gasteiger partial charge in [0.1, 0.15) is 0 Å². The molecule has 0 bridgehead atoms. The lowest BCUT2D eigenvalue weighted by Crippen LogP contribution is -2.07. The average molecular weight is 290 g/mol. The van der Waals surface area contributed by atoms with Crippen LogP contribution in [0.1, 0.15) is 31.5 Å². The first-order chi connectivity index (χ1) is 9.70. The zero-order chi connectivity index (χ0) is 14.4. The van der Waals surface area contributed by atoms with E-state index in [-0.39, 0.29) is 6.61 Å². The third-order valence-corrected chi connectivity index (χ3v) is 4.27. The molecule has 0 aliphatic rings. The van der Waals surface area contributed by atoms with Gasteiger partial charge in [0.05, 0.1) is 18.5 Å². The molecule has 2 rings (SSSR count). The van der Waals surface area contributed by atoms with Crippen LogP contribution in [-0.4, -0.2) is 14.7 Å². The van der Waals surface area contributed by atoms with Gasteiger partial charge < -0.3 is 9.67 Å². The van der Waals surface area contributed by atoms with E-state index in [0.717, 1.165) is 29.6 Å². The number of hydrogen-bond acceptors (Lipinski definition) is 3. The van der Waals surface area contributed by atoms with Crippen molar-refractivity contribution < 1.29 is 5.11 Å².